The number of hydrogen-bond donors (Lipinski definition) is 0. The lowest BCUT2D eigenvalue weighted by atomic mass is 10.2. The normalized spacial score (nSPS) is 15.8. The molecule has 164 valence electrons. The molecule has 9 heteroatoms. The van der Waals surface area contributed by atoms with E-state index in [4.69, 9.17) is 20.8 Å². The molecule has 0 amide bonds. The minimum absolute atomic E-state index is 0.249. The minimum atomic E-state index is -3.56. The van der Waals surface area contributed by atoms with Crippen LogP contribution in [0, 0.1) is 6.92 Å². The highest BCUT2D eigenvalue weighted by atomic mass is 35.5. The van der Waals surface area contributed by atoms with E-state index in [1.807, 2.05) is 25.1 Å². The zero-order valence-corrected chi connectivity index (χ0v) is 19.0. The number of sulfonamides is 1. The number of hydrogen-bond acceptors (Lipinski definition) is 6. The van der Waals surface area contributed by atoms with Crippen molar-refractivity contribution in [1.82, 2.24) is 14.2 Å². The molecule has 2 heterocycles. The Balaban J connectivity index is 1.41. The molecule has 3 aromatic rings. The van der Waals surface area contributed by atoms with Gasteiger partial charge in [0.05, 0.1) is 17.7 Å². The van der Waals surface area contributed by atoms with Gasteiger partial charge in [0.1, 0.15) is 11.5 Å². The topological polar surface area (TPSA) is 75.9 Å². The van der Waals surface area contributed by atoms with E-state index in [0.29, 0.717) is 49.4 Å². The van der Waals surface area contributed by atoms with Gasteiger partial charge in [-0.25, -0.2) is 13.4 Å². The van der Waals surface area contributed by atoms with Crippen LogP contribution in [0.25, 0.3) is 11.5 Å². The van der Waals surface area contributed by atoms with Crippen LogP contribution in [-0.4, -0.2) is 55.9 Å². The van der Waals surface area contributed by atoms with Crippen molar-refractivity contribution in [2.45, 2.75) is 18.4 Å². The zero-order chi connectivity index (χ0) is 22.0. The Bertz CT molecular complexity index is 1170. The lowest BCUT2D eigenvalue weighted by Crippen LogP contribution is -2.48. The summed E-state index contributed by atoms with van der Waals surface area (Å²) in [6.07, 6.45) is 0. The summed E-state index contributed by atoms with van der Waals surface area (Å²) >= 11 is 6.07. The van der Waals surface area contributed by atoms with Crippen molar-refractivity contribution < 1.29 is 17.6 Å². The fourth-order valence-electron chi connectivity index (χ4n) is 3.57. The average Bonchev–Trinajstić information content (AvgIpc) is 3.14. The summed E-state index contributed by atoms with van der Waals surface area (Å²) in [7, 11) is -2.03. The number of aryl methyl sites for hydroxylation is 1. The van der Waals surface area contributed by atoms with Crippen LogP contribution in [0.3, 0.4) is 0 Å². The average molecular weight is 462 g/mol. The summed E-state index contributed by atoms with van der Waals surface area (Å²) < 4.78 is 38.5. The maximum Gasteiger partial charge on any atom is 0.243 e. The van der Waals surface area contributed by atoms with E-state index in [2.05, 4.69) is 9.88 Å². The summed E-state index contributed by atoms with van der Waals surface area (Å²) in [5.74, 6) is 1.81. The van der Waals surface area contributed by atoms with E-state index in [9.17, 15) is 8.42 Å². The van der Waals surface area contributed by atoms with E-state index < -0.39 is 10.0 Å². The van der Waals surface area contributed by atoms with Crippen molar-refractivity contribution in [2.24, 2.45) is 0 Å². The van der Waals surface area contributed by atoms with Crippen molar-refractivity contribution >= 4 is 21.6 Å². The lowest BCUT2D eigenvalue weighted by Gasteiger charge is -2.33. The Labute approximate surface area is 187 Å². The number of benzene rings is 2. The van der Waals surface area contributed by atoms with Crippen molar-refractivity contribution in [3.05, 3.63) is 65.0 Å². The number of piperazine rings is 1. The number of methoxy groups -OCH3 is 1. The Morgan fingerprint density at radius 2 is 1.84 bits per heavy atom. The van der Waals surface area contributed by atoms with E-state index in [0.717, 1.165) is 17.0 Å². The lowest BCUT2D eigenvalue weighted by molar-refractivity contribution is 0.179. The highest BCUT2D eigenvalue weighted by molar-refractivity contribution is 7.89. The number of nitrogens with zero attached hydrogens (tertiary/aromatic N) is 3. The van der Waals surface area contributed by atoms with Gasteiger partial charge in [-0.2, -0.15) is 4.31 Å². The molecule has 31 heavy (non-hydrogen) atoms. The first-order valence-corrected chi connectivity index (χ1v) is 11.8. The quantitative estimate of drug-likeness (QED) is 0.555. The highest BCUT2D eigenvalue weighted by Gasteiger charge is 2.29. The summed E-state index contributed by atoms with van der Waals surface area (Å²) in [5, 5.41) is 0.628. The Morgan fingerprint density at radius 1 is 1.10 bits per heavy atom. The van der Waals surface area contributed by atoms with Gasteiger partial charge < -0.3 is 9.15 Å². The second kappa shape index (κ2) is 9.00. The van der Waals surface area contributed by atoms with Gasteiger partial charge in [0.25, 0.3) is 0 Å². The number of rotatable bonds is 6. The molecule has 0 atom stereocenters. The van der Waals surface area contributed by atoms with Crippen LogP contribution < -0.4 is 4.74 Å². The third-order valence-electron chi connectivity index (χ3n) is 5.35. The second-order valence-corrected chi connectivity index (χ2v) is 9.77. The SMILES string of the molecule is COc1cccc(S(=O)(=O)N2CCN(Cc3nc(-c4cccc(Cl)c4)oc3C)CC2)c1. The monoisotopic (exact) mass is 461 g/mol. The van der Waals surface area contributed by atoms with Crippen LogP contribution >= 0.6 is 11.6 Å². The van der Waals surface area contributed by atoms with Gasteiger partial charge in [-0.3, -0.25) is 4.90 Å². The Kier molecular flexibility index (Phi) is 6.34. The van der Waals surface area contributed by atoms with E-state index >= 15 is 0 Å². The Hall–Kier alpha value is -2.39. The van der Waals surface area contributed by atoms with Gasteiger partial charge in [0.15, 0.2) is 0 Å². The summed E-state index contributed by atoms with van der Waals surface area (Å²) in [4.78, 5) is 7.07. The van der Waals surface area contributed by atoms with Crippen molar-refractivity contribution in [2.75, 3.05) is 33.3 Å². The molecule has 0 aliphatic carbocycles. The number of aromatic nitrogens is 1. The van der Waals surface area contributed by atoms with Gasteiger partial charge >= 0.3 is 0 Å². The summed E-state index contributed by atoms with van der Waals surface area (Å²) in [5.41, 5.74) is 1.68. The molecule has 7 nitrogen and oxygen atoms in total. The van der Waals surface area contributed by atoms with Crippen molar-refractivity contribution in [3.63, 3.8) is 0 Å². The molecule has 1 aromatic heterocycles. The highest BCUT2D eigenvalue weighted by Crippen LogP contribution is 2.26. The molecule has 0 radical (unpaired) electrons. The summed E-state index contributed by atoms with van der Waals surface area (Å²) in [6, 6.07) is 14.0. The molecule has 1 fully saturated rings. The molecule has 0 spiro atoms. The van der Waals surface area contributed by atoms with Crippen molar-refractivity contribution in [3.8, 4) is 17.2 Å². The van der Waals surface area contributed by atoms with E-state index in [1.165, 1.54) is 11.4 Å². The van der Waals surface area contributed by atoms with Crippen LogP contribution in [0.15, 0.2) is 57.8 Å². The first-order valence-electron chi connectivity index (χ1n) is 9.95. The molecule has 0 unspecified atom stereocenters. The molecular weight excluding hydrogens is 438 g/mol. The largest absolute Gasteiger partial charge is 0.497 e. The van der Waals surface area contributed by atoms with Gasteiger partial charge in [-0.15, -0.1) is 0 Å². The number of ether oxygens (including phenoxy) is 1. The fourth-order valence-corrected chi connectivity index (χ4v) is 5.22. The third-order valence-corrected chi connectivity index (χ3v) is 7.48. The van der Waals surface area contributed by atoms with Crippen LogP contribution in [0.4, 0.5) is 0 Å². The van der Waals surface area contributed by atoms with Gasteiger partial charge in [0, 0.05) is 49.4 Å². The maximum absolute atomic E-state index is 13.0. The first-order chi connectivity index (χ1) is 14.9. The minimum Gasteiger partial charge on any atom is -0.497 e. The van der Waals surface area contributed by atoms with Crippen LogP contribution in [0.2, 0.25) is 5.02 Å². The number of halogens is 1. The first kappa shape index (κ1) is 21.8. The van der Waals surface area contributed by atoms with E-state index in [-0.39, 0.29) is 4.90 Å². The van der Waals surface area contributed by atoms with Gasteiger partial charge in [-0.05, 0) is 37.3 Å². The molecule has 2 aromatic carbocycles. The third kappa shape index (κ3) is 4.77. The predicted octanol–water partition coefficient (Wildman–Crippen LogP) is 3.82. The van der Waals surface area contributed by atoms with Gasteiger partial charge in [-0.1, -0.05) is 23.7 Å². The van der Waals surface area contributed by atoms with Gasteiger partial charge in [0.2, 0.25) is 15.9 Å². The molecule has 1 saturated heterocycles. The standard InChI is InChI=1S/C22H24ClN3O4S/c1-16-21(24-22(30-16)17-5-3-6-18(23)13-17)15-25-9-11-26(12-10-25)31(27,28)20-8-4-7-19(14-20)29-2/h3-8,13-14H,9-12,15H2,1-2H3. The fraction of sp³-hybridized carbons (Fsp3) is 0.318. The van der Waals surface area contributed by atoms with E-state index in [1.54, 1.807) is 30.3 Å². The van der Waals surface area contributed by atoms with Crippen LogP contribution in [0.1, 0.15) is 11.5 Å². The molecule has 0 bridgehead atoms. The van der Waals surface area contributed by atoms with Crippen LogP contribution in [-0.2, 0) is 16.6 Å². The molecular formula is C22H24ClN3O4S. The molecule has 1 aliphatic heterocycles. The molecule has 1 aliphatic rings. The maximum atomic E-state index is 13.0. The Morgan fingerprint density at radius 3 is 2.55 bits per heavy atom. The summed E-state index contributed by atoms with van der Waals surface area (Å²) in [6.45, 7) is 4.54. The number of oxazole rings is 1. The van der Waals surface area contributed by atoms with Crippen molar-refractivity contribution in [1.29, 1.82) is 0 Å². The van der Waals surface area contributed by atoms with Crippen LogP contribution in [0.5, 0.6) is 5.75 Å². The zero-order valence-electron chi connectivity index (χ0n) is 17.4. The predicted molar refractivity (Wildman–Crippen MR) is 119 cm³/mol. The molecule has 0 N–H and O–H groups in total. The molecule has 4 rings (SSSR count). The second-order valence-electron chi connectivity index (χ2n) is 7.39. The smallest absolute Gasteiger partial charge is 0.243 e. The molecule has 0 saturated carbocycles.